The molecule has 3 aromatic carbocycles. The van der Waals surface area contributed by atoms with E-state index < -0.39 is 49.0 Å². The van der Waals surface area contributed by atoms with Gasteiger partial charge in [-0.25, -0.2) is 9.48 Å². The molecule has 0 N–H and O–H groups in total. The second-order valence-corrected chi connectivity index (χ2v) is 19.7. The molecule has 49 heavy (non-hydrogen) atoms. The predicted molar refractivity (Wildman–Crippen MR) is 194 cm³/mol. The van der Waals surface area contributed by atoms with Crippen LogP contribution in [0.25, 0.3) is 0 Å². The van der Waals surface area contributed by atoms with Gasteiger partial charge in [0.2, 0.25) is 0 Å². The maximum absolute atomic E-state index is 14.7. The van der Waals surface area contributed by atoms with Crippen molar-refractivity contribution in [3.63, 3.8) is 0 Å². The molecule has 0 saturated heterocycles. The molecule has 0 radical (unpaired) electrons. The molecule has 0 spiro atoms. The van der Waals surface area contributed by atoms with E-state index in [1.165, 1.54) is 0 Å². The molecule has 0 aliphatic carbocycles. The fourth-order valence-corrected chi connectivity index (χ4v) is 10.5. The van der Waals surface area contributed by atoms with Crippen molar-refractivity contribution >= 4 is 35.8 Å². The van der Waals surface area contributed by atoms with Gasteiger partial charge in [0.15, 0.2) is 17.8 Å². The number of hydrogen-bond acceptors (Lipinski definition) is 8. The van der Waals surface area contributed by atoms with Gasteiger partial charge in [-0.1, -0.05) is 112 Å². The van der Waals surface area contributed by atoms with Gasteiger partial charge in [-0.15, -0.1) is 5.10 Å². The van der Waals surface area contributed by atoms with E-state index in [-0.39, 0.29) is 11.2 Å². The van der Waals surface area contributed by atoms with E-state index in [1.807, 2.05) is 105 Å². The molecule has 9 nitrogen and oxygen atoms in total. The number of aromatic nitrogens is 4. The van der Waals surface area contributed by atoms with Gasteiger partial charge in [-0.2, -0.15) is 0 Å². The highest BCUT2D eigenvalue weighted by Crippen LogP contribution is 2.36. The lowest BCUT2D eigenvalue weighted by Gasteiger charge is -2.39. The Hall–Kier alpha value is -4.15. The molecule has 0 saturated carbocycles. The van der Waals surface area contributed by atoms with E-state index in [0.717, 1.165) is 15.6 Å². The second kappa shape index (κ2) is 14.4. The minimum absolute atomic E-state index is 0.106. The summed E-state index contributed by atoms with van der Waals surface area (Å²) < 4.78 is 21.2. The van der Waals surface area contributed by atoms with E-state index in [1.54, 1.807) is 46.2 Å². The molecule has 2 atom stereocenters. The highest BCUT2D eigenvalue weighted by atomic mass is 28.4. The highest BCUT2D eigenvalue weighted by Gasteiger charge is 2.52. The van der Waals surface area contributed by atoms with Crippen LogP contribution in [0.3, 0.4) is 0 Å². The summed E-state index contributed by atoms with van der Waals surface area (Å²) in [4.78, 5) is 29.3. The van der Waals surface area contributed by atoms with Crippen LogP contribution in [0, 0.1) is 5.41 Å². The van der Waals surface area contributed by atoms with Crippen LogP contribution in [-0.2, 0) is 29.0 Å². The average molecular weight is 685 g/mol. The predicted octanol–water partition coefficient (Wildman–Crippen LogP) is 5.66. The maximum atomic E-state index is 14.7. The zero-order valence-electron chi connectivity index (χ0n) is 30.9. The zero-order valence-corrected chi connectivity index (χ0v) is 31.9. The Labute approximate surface area is 292 Å². The van der Waals surface area contributed by atoms with Gasteiger partial charge in [0.1, 0.15) is 11.2 Å². The summed E-state index contributed by atoms with van der Waals surface area (Å²) in [5.74, 6) is -2.63. The minimum Gasteiger partial charge on any atom is -0.459 e. The van der Waals surface area contributed by atoms with Crippen LogP contribution in [0.5, 0.6) is 0 Å². The van der Waals surface area contributed by atoms with Crippen molar-refractivity contribution in [3.05, 3.63) is 96.8 Å². The number of rotatable bonds is 11. The maximum Gasteiger partial charge on any atom is 0.335 e. The van der Waals surface area contributed by atoms with Crippen LogP contribution in [0.4, 0.5) is 0 Å². The van der Waals surface area contributed by atoms with Gasteiger partial charge in [0.25, 0.3) is 8.32 Å². The zero-order chi connectivity index (χ0) is 36.3. The summed E-state index contributed by atoms with van der Waals surface area (Å²) in [6, 6.07) is 29.6. The quantitative estimate of drug-likeness (QED) is 0.113. The molecule has 262 valence electrons. The van der Waals surface area contributed by atoms with E-state index in [9.17, 15) is 9.59 Å². The molecule has 0 aliphatic rings. The van der Waals surface area contributed by atoms with Crippen molar-refractivity contribution < 1.29 is 23.5 Å². The molecule has 10 heteroatoms. The van der Waals surface area contributed by atoms with Crippen LogP contribution in [0.1, 0.15) is 94.3 Å². The SMILES string of the molecule is CC(C)(C)CC(C)(C)n1nnnc1C(C(=O)OC(C)(C)C)C(O[Si](c1ccccc1)(c1ccccc1)c1ccccc1)C(=O)OC(C)(C)C. The van der Waals surface area contributed by atoms with Crippen LogP contribution < -0.4 is 15.6 Å². The van der Waals surface area contributed by atoms with Crippen LogP contribution >= 0.6 is 0 Å². The first kappa shape index (κ1) is 37.7. The topological polar surface area (TPSA) is 105 Å². The van der Waals surface area contributed by atoms with Crippen molar-refractivity contribution in [2.75, 3.05) is 0 Å². The smallest absolute Gasteiger partial charge is 0.335 e. The average Bonchev–Trinajstić information content (AvgIpc) is 3.48. The number of carbonyl (C=O) groups is 2. The van der Waals surface area contributed by atoms with Gasteiger partial charge in [0, 0.05) is 0 Å². The number of hydrogen-bond donors (Lipinski definition) is 0. The van der Waals surface area contributed by atoms with Crippen molar-refractivity contribution in [1.82, 2.24) is 20.2 Å². The number of tetrazole rings is 1. The first-order valence-electron chi connectivity index (χ1n) is 16.8. The summed E-state index contributed by atoms with van der Waals surface area (Å²) >= 11 is 0. The minimum atomic E-state index is -3.59. The van der Waals surface area contributed by atoms with Gasteiger partial charge in [-0.3, -0.25) is 4.79 Å². The summed E-state index contributed by atoms with van der Waals surface area (Å²) in [7, 11) is -3.59. The fourth-order valence-electron chi connectivity index (χ4n) is 6.45. The summed E-state index contributed by atoms with van der Waals surface area (Å²) in [5, 5.41) is 15.6. The third kappa shape index (κ3) is 9.30. The molecule has 0 bridgehead atoms. The van der Waals surface area contributed by atoms with Crippen molar-refractivity contribution in [3.8, 4) is 0 Å². The Kier molecular flexibility index (Phi) is 11.0. The first-order chi connectivity index (χ1) is 22.7. The van der Waals surface area contributed by atoms with Crippen LogP contribution in [0.2, 0.25) is 0 Å². The molecule has 2 unspecified atom stereocenters. The first-order valence-corrected chi connectivity index (χ1v) is 18.7. The van der Waals surface area contributed by atoms with Crippen molar-refractivity contribution in [2.24, 2.45) is 5.41 Å². The second-order valence-electron chi connectivity index (χ2n) is 16.4. The summed E-state index contributed by atoms with van der Waals surface area (Å²) in [6.45, 7) is 21.2. The number of esters is 2. The molecule has 4 rings (SSSR count). The Balaban J connectivity index is 2.08. The number of ether oxygens (including phenoxy) is 2. The summed E-state index contributed by atoms with van der Waals surface area (Å²) in [6.07, 6.45) is -0.829. The molecule has 1 aromatic heterocycles. The fraction of sp³-hybridized carbons (Fsp3) is 0.462. The molecule has 0 amide bonds. The van der Waals surface area contributed by atoms with Crippen LogP contribution in [-0.4, -0.2) is 57.8 Å². The van der Waals surface area contributed by atoms with E-state index in [4.69, 9.17) is 13.9 Å². The molecule has 1 heterocycles. The van der Waals surface area contributed by atoms with Gasteiger partial charge < -0.3 is 13.9 Å². The molecule has 0 fully saturated rings. The molecule has 4 aromatic rings. The van der Waals surface area contributed by atoms with E-state index in [2.05, 4.69) is 36.3 Å². The van der Waals surface area contributed by atoms with E-state index >= 15 is 0 Å². The summed E-state index contributed by atoms with van der Waals surface area (Å²) in [5.41, 5.74) is -2.54. The third-order valence-corrected chi connectivity index (χ3v) is 11.8. The highest BCUT2D eigenvalue weighted by molar-refractivity contribution is 7.07. The van der Waals surface area contributed by atoms with Crippen molar-refractivity contribution in [2.45, 2.75) is 111 Å². The number of nitrogens with zero attached hydrogens (tertiary/aromatic N) is 4. The van der Waals surface area contributed by atoms with Gasteiger partial charge in [-0.05, 0) is 93.2 Å². The van der Waals surface area contributed by atoms with Crippen molar-refractivity contribution in [1.29, 1.82) is 0 Å². The molecule has 0 aliphatic heterocycles. The van der Waals surface area contributed by atoms with E-state index in [0.29, 0.717) is 6.42 Å². The normalized spacial score (nSPS) is 14.2. The number of benzene rings is 3. The largest absolute Gasteiger partial charge is 0.459 e. The lowest BCUT2D eigenvalue weighted by molar-refractivity contribution is -0.173. The Morgan fingerprint density at radius 1 is 0.653 bits per heavy atom. The lowest BCUT2D eigenvalue weighted by atomic mass is 9.81. The number of carbonyl (C=O) groups excluding carboxylic acids is 2. The Morgan fingerprint density at radius 3 is 1.45 bits per heavy atom. The Morgan fingerprint density at radius 2 is 1.06 bits per heavy atom. The molecular weight excluding hydrogens is 633 g/mol. The monoisotopic (exact) mass is 684 g/mol. The van der Waals surface area contributed by atoms with Crippen LogP contribution in [0.15, 0.2) is 91.0 Å². The van der Waals surface area contributed by atoms with Gasteiger partial charge in [0.05, 0.1) is 5.54 Å². The standard InChI is InChI=1S/C39H52N4O5Si/c1-36(2,3)27-39(10,11)43-33(40-41-42-43)31(34(44)46-37(4,5)6)32(35(45)47-38(7,8)9)48-49(28-21-15-12-16-22-28,29-23-17-13-18-24-29)30-25-19-14-20-26-30/h12-26,31-32H,27H2,1-11H3. The van der Waals surface area contributed by atoms with Gasteiger partial charge >= 0.3 is 11.9 Å². The Bertz CT molecular complexity index is 1590. The third-order valence-electron chi connectivity index (χ3n) is 7.76. The molecular formula is C39H52N4O5Si. The lowest BCUT2D eigenvalue weighted by Crippen LogP contribution is -2.71.